The molecule has 0 aliphatic rings. The molecule has 5 rings (SSSR count). The van der Waals surface area contributed by atoms with Gasteiger partial charge in [-0.05, 0) is 31.2 Å². The van der Waals surface area contributed by atoms with Crippen molar-refractivity contribution in [1.82, 2.24) is 9.38 Å². The van der Waals surface area contributed by atoms with Crippen LogP contribution in [-0.4, -0.2) is 27.7 Å². The number of esters is 1. The topological polar surface area (TPSA) is 60.7 Å². The number of ketones is 1. The van der Waals surface area contributed by atoms with E-state index in [0.29, 0.717) is 10.8 Å². The average molecular weight is 462 g/mol. The van der Waals surface area contributed by atoms with Crippen molar-refractivity contribution in [3.63, 3.8) is 0 Å². The molecule has 0 atom stereocenters. The second-order valence-corrected chi connectivity index (χ2v) is 7.65. The summed E-state index contributed by atoms with van der Waals surface area (Å²) < 4.78 is 48.2. The lowest BCUT2D eigenvalue weighted by Gasteiger charge is -2.13. The van der Waals surface area contributed by atoms with Crippen molar-refractivity contribution in [3.8, 4) is 0 Å². The lowest BCUT2D eigenvalue weighted by atomic mass is 9.98. The van der Waals surface area contributed by atoms with Crippen molar-refractivity contribution in [3.05, 3.63) is 95.3 Å². The summed E-state index contributed by atoms with van der Waals surface area (Å²) in [6, 6.07) is 18.8. The number of nitrogens with zero attached hydrogens (tertiary/aromatic N) is 2. The van der Waals surface area contributed by atoms with Crippen LogP contribution in [0.5, 0.6) is 0 Å². The summed E-state index contributed by atoms with van der Waals surface area (Å²) in [4.78, 5) is 29.6. The van der Waals surface area contributed by atoms with Crippen molar-refractivity contribution < 1.29 is 27.5 Å². The molecule has 0 radical (unpaired) electrons. The molecule has 0 unspecified atom stereocenters. The summed E-state index contributed by atoms with van der Waals surface area (Å²) in [5.41, 5.74) is 1.16. The first kappa shape index (κ1) is 21.6. The van der Waals surface area contributed by atoms with Gasteiger partial charge in [0.2, 0.25) is 5.82 Å². The number of carbonyl (C=O) groups is 2. The van der Waals surface area contributed by atoms with Gasteiger partial charge in [0, 0.05) is 16.3 Å². The number of benzene rings is 3. The molecule has 0 amide bonds. The lowest BCUT2D eigenvalue weighted by molar-refractivity contribution is -0.145. The highest BCUT2D eigenvalue weighted by atomic mass is 19.4. The van der Waals surface area contributed by atoms with E-state index in [0.717, 1.165) is 4.40 Å². The number of ether oxygens (including phenoxy) is 1. The Kier molecular flexibility index (Phi) is 5.08. The predicted molar refractivity (Wildman–Crippen MR) is 121 cm³/mol. The standard InChI is InChI=1S/C26H17F3N2O3/c1-2-34-24(33)16-13-11-15(12-14-16)23(32)21-18-8-4-6-10-20(18)31-22(21)17-7-3-5-9-19(17)30-25(31)26(27,28)29/h3-14H,2H2,1H3. The molecule has 2 heterocycles. The molecule has 0 aliphatic carbocycles. The zero-order valence-corrected chi connectivity index (χ0v) is 17.9. The van der Waals surface area contributed by atoms with Gasteiger partial charge in [0.25, 0.3) is 0 Å². The van der Waals surface area contributed by atoms with Gasteiger partial charge in [-0.3, -0.25) is 9.20 Å². The van der Waals surface area contributed by atoms with Crippen LogP contribution in [0, 0.1) is 0 Å². The summed E-state index contributed by atoms with van der Waals surface area (Å²) in [5.74, 6) is -2.08. The van der Waals surface area contributed by atoms with Crippen LogP contribution < -0.4 is 0 Å². The summed E-state index contributed by atoms with van der Waals surface area (Å²) in [6.45, 7) is 1.90. The summed E-state index contributed by atoms with van der Waals surface area (Å²) in [6.07, 6.45) is -4.74. The molecule has 0 bridgehead atoms. The molecule has 0 N–H and O–H groups in total. The molecule has 3 aromatic carbocycles. The average Bonchev–Trinajstić information content (AvgIpc) is 3.18. The van der Waals surface area contributed by atoms with Crippen LogP contribution in [-0.2, 0) is 10.9 Å². The van der Waals surface area contributed by atoms with Crippen molar-refractivity contribution in [2.45, 2.75) is 13.1 Å². The molecule has 5 nitrogen and oxygen atoms in total. The van der Waals surface area contributed by atoms with Gasteiger partial charge in [-0.1, -0.05) is 48.5 Å². The SMILES string of the molecule is CCOC(=O)c1ccc(C(=O)c2c3ccccc3n3c(C(F)(F)F)nc4ccccc4c23)cc1. The number of rotatable bonds is 4. The number of hydrogen-bond acceptors (Lipinski definition) is 4. The third kappa shape index (κ3) is 3.39. The highest BCUT2D eigenvalue weighted by molar-refractivity contribution is 6.25. The molecule has 5 aromatic rings. The summed E-state index contributed by atoms with van der Waals surface area (Å²) in [5, 5.41) is 0.809. The number of carbonyl (C=O) groups excluding carboxylic acids is 2. The molecule has 0 spiro atoms. The van der Waals surface area contributed by atoms with E-state index in [1.165, 1.54) is 36.4 Å². The van der Waals surface area contributed by atoms with Gasteiger partial charge in [-0.2, -0.15) is 13.2 Å². The summed E-state index contributed by atoms with van der Waals surface area (Å²) in [7, 11) is 0. The number of alkyl halides is 3. The maximum atomic E-state index is 14.1. The molecule has 0 fully saturated rings. The van der Waals surface area contributed by atoms with Crippen LogP contribution in [0.2, 0.25) is 0 Å². The quantitative estimate of drug-likeness (QED) is 0.240. The number of aromatic nitrogens is 2. The molecular weight excluding hydrogens is 445 g/mol. The first-order valence-electron chi connectivity index (χ1n) is 10.5. The van der Waals surface area contributed by atoms with Crippen LogP contribution in [0.1, 0.15) is 39.0 Å². The van der Waals surface area contributed by atoms with Gasteiger partial charge < -0.3 is 4.74 Å². The van der Waals surface area contributed by atoms with Crippen molar-refractivity contribution in [1.29, 1.82) is 0 Å². The molecule has 2 aromatic heterocycles. The Hall–Kier alpha value is -4.20. The van der Waals surface area contributed by atoms with Crippen LogP contribution >= 0.6 is 0 Å². The van der Waals surface area contributed by atoms with Gasteiger partial charge in [0.05, 0.1) is 34.3 Å². The normalized spacial score (nSPS) is 11.9. The summed E-state index contributed by atoms with van der Waals surface area (Å²) >= 11 is 0. The van der Waals surface area contributed by atoms with E-state index in [-0.39, 0.29) is 39.8 Å². The minimum absolute atomic E-state index is 0.136. The van der Waals surface area contributed by atoms with E-state index >= 15 is 0 Å². The minimum Gasteiger partial charge on any atom is -0.462 e. The van der Waals surface area contributed by atoms with Crippen molar-refractivity contribution >= 4 is 39.1 Å². The maximum absolute atomic E-state index is 14.1. The highest BCUT2D eigenvalue weighted by Crippen LogP contribution is 2.38. The molecule has 0 aliphatic heterocycles. The van der Waals surface area contributed by atoms with Crippen LogP contribution in [0.3, 0.4) is 0 Å². The largest absolute Gasteiger partial charge is 0.462 e. The second-order valence-electron chi connectivity index (χ2n) is 7.65. The Morgan fingerprint density at radius 2 is 1.50 bits per heavy atom. The fraction of sp³-hybridized carbons (Fsp3) is 0.115. The number of hydrogen-bond donors (Lipinski definition) is 0. The van der Waals surface area contributed by atoms with Crippen molar-refractivity contribution in [2.75, 3.05) is 6.61 Å². The van der Waals surface area contributed by atoms with E-state index in [1.54, 1.807) is 43.3 Å². The Morgan fingerprint density at radius 3 is 2.18 bits per heavy atom. The molecule has 0 saturated heterocycles. The number of para-hydroxylation sites is 2. The van der Waals surface area contributed by atoms with Crippen molar-refractivity contribution in [2.24, 2.45) is 0 Å². The lowest BCUT2D eigenvalue weighted by Crippen LogP contribution is -2.15. The van der Waals surface area contributed by atoms with Crippen LogP contribution in [0.4, 0.5) is 13.2 Å². The zero-order chi connectivity index (χ0) is 24.0. The van der Waals surface area contributed by atoms with Gasteiger partial charge in [0.1, 0.15) is 0 Å². The first-order chi connectivity index (χ1) is 16.3. The first-order valence-corrected chi connectivity index (χ1v) is 10.5. The maximum Gasteiger partial charge on any atom is 0.450 e. The smallest absolute Gasteiger partial charge is 0.450 e. The zero-order valence-electron chi connectivity index (χ0n) is 17.9. The van der Waals surface area contributed by atoms with E-state index in [2.05, 4.69) is 4.98 Å². The molecule has 0 saturated carbocycles. The van der Waals surface area contributed by atoms with Crippen LogP contribution in [0.25, 0.3) is 27.3 Å². The van der Waals surface area contributed by atoms with E-state index in [4.69, 9.17) is 4.74 Å². The van der Waals surface area contributed by atoms with Gasteiger partial charge >= 0.3 is 12.1 Å². The Morgan fingerprint density at radius 1 is 0.882 bits per heavy atom. The Bertz CT molecular complexity index is 1590. The Balaban J connectivity index is 1.83. The van der Waals surface area contributed by atoms with Gasteiger partial charge in [0.15, 0.2) is 5.78 Å². The van der Waals surface area contributed by atoms with Gasteiger partial charge in [-0.15, -0.1) is 0 Å². The minimum atomic E-state index is -4.74. The third-order valence-electron chi connectivity index (χ3n) is 5.61. The predicted octanol–water partition coefficient (Wildman–Crippen LogP) is 6.07. The molecule has 170 valence electrons. The highest BCUT2D eigenvalue weighted by Gasteiger charge is 2.38. The van der Waals surface area contributed by atoms with Gasteiger partial charge in [-0.25, -0.2) is 9.78 Å². The Labute approximate surface area is 191 Å². The number of fused-ring (bicyclic) bond motifs is 5. The second kappa shape index (κ2) is 7.98. The van der Waals surface area contributed by atoms with E-state index in [1.807, 2.05) is 0 Å². The monoisotopic (exact) mass is 462 g/mol. The van der Waals surface area contributed by atoms with E-state index in [9.17, 15) is 22.8 Å². The third-order valence-corrected chi connectivity index (χ3v) is 5.61. The van der Waals surface area contributed by atoms with Crippen LogP contribution in [0.15, 0.2) is 72.8 Å². The number of halogens is 3. The molecular formula is C26H17F3N2O3. The molecule has 34 heavy (non-hydrogen) atoms. The molecule has 8 heteroatoms. The fourth-order valence-corrected chi connectivity index (χ4v) is 4.19. The fourth-order valence-electron chi connectivity index (χ4n) is 4.19. The van der Waals surface area contributed by atoms with E-state index < -0.39 is 23.8 Å².